The van der Waals surface area contributed by atoms with Crippen LogP contribution in [0.2, 0.25) is 0 Å². The summed E-state index contributed by atoms with van der Waals surface area (Å²) < 4.78 is 0. The van der Waals surface area contributed by atoms with Crippen LogP contribution in [-0.4, -0.2) is 25.0 Å². The van der Waals surface area contributed by atoms with Gasteiger partial charge in [0.15, 0.2) is 5.96 Å². The van der Waals surface area contributed by atoms with E-state index in [0.29, 0.717) is 18.1 Å². The van der Waals surface area contributed by atoms with E-state index in [4.69, 9.17) is 5.73 Å². The molecule has 0 heterocycles. The van der Waals surface area contributed by atoms with Crippen LogP contribution < -0.4 is 16.4 Å². The number of amides is 1. The van der Waals surface area contributed by atoms with E-state index in [0.717, 1.165) is 12.0 Å². The predicted octanol–water partition coefficient (Wildman–Crippen LogP) is 1.25. The maximum Gasteiger partial charge on any atom is 0.251 e. The molecule has 0 spiro atoms. The highest BCUT2D eigenvalue weighted by Crippen LogP contribution is 2.06. The van der Waals surface area contributed by atoms with Crippen LogP contribution in [0.3, 0.4) is 0 Å². The van der Waals surface area contributed by atoms with E-state index in [2.05, 4.69) is 15.6 Å². The molecule has 5 nitrogen and oxygen atoms in total. The molecule has 0 aromatic heterocycles. The Kier molecular flexibility index (Phi) is 5.85. The third-order valence-electron chi connectivity index (χ3n) is 2.89. The van der Waals surface area contributed by atoms with Gasteiger partial charge in [0.25, 0.3) is 5.91 Å². The fourth-order valence-electron chi connectivity index (χ4n) is 1.50. The Bertz CT molecular complexity index is 457. The predicted molar refractivity (Wildman–Crippen MR) is 78.0 cm³/mol. The Morgan fingerprint density at radius 3 is 2.84 bits per heavy atom. The van der Waals surface area contributed by atoms with E-state index >= 15 is 0 Å². The maximum atomic E-state index is 12.0. The molecule has 1 aromatic carbocycles. The van der Waals surface area contributed by atoms with Crippen LogP contribution in [-0.2, 0) is 6.54 Å². The molecular formula is C14H22N4O. The lowest BCUT2D eigenvalue weighted by Crippen LogP contribution is -2.32. The Labute approximate surface area is 114 Å². The van der Waals surface area contributed by atoms with Crippen LogP contribution in [0, 0.1) is 0 Å². The number of guanidine groups is 1. The van der Waals surface area contributed by atoms with Crippen molar-refractivity contribution < 1.29 is 4.79 Å². The molecule has 1 unspecified atom stereocenters. The number of carbonyl (C=O) groups is 1. The number of aliphatic imine (C=N–C) groups is 1. The van der Waals surface area contributed by atoms with Gasteiger partial charge in [0.05, 0.1) is 0 Å². The molecule has 0 saturated heterocycles. The normalized spacial score (nSPS) is 12.9. The van der Waals surface area contributed by atoms with Gasteiger partial charge in [0, 0.05) is 25.2 Å². The first-order chi connectivity index (χ1) is 9.06. The topological polar surface area (TPSA) is 79.5 Å². The van der Waals surface area contributed by atoms with E-state index in [9.17, 15) is 4.79 Å². The first kappa shape index (κ1) is 15.0. The molecule has 0 bridgehead atoms. The molecular weight excluding hydrogens is 240 g/mol. The van der Waals surface area contributed by atoms with Crippen molar-refractivity contribution in [1.82, 2.24) is 10.6 Å². The van der Waals surface area contributed by atoms with Crippen molar-refractivity contribution in [3.05, 3.63) is 35.4 Å². The highest BCUT2D eigenvalue weighted by atomic mass is 16.1. The van der Waals surface area contributed by atoms with Gasteiger partial charge >= 0.3 is 0 Å². The van der Waals surface area contributed by atoms with Gasteiger partial charge in [0.2, 0.25) is 0 Å². The van der Waals surface area contributed by atoms with Crippen molar-refractivity contribution in [2.45, 2.75) is 32.9 Å². The second-order valence-electron chi connectivity index (χ2n) is 4.45. The van der Waals surface area contributed by atoms with Crippen molar-refractivity contribution in [2.24, 2.45) is 10.7 Å². The summed E-state index contributed by atoms with van der Waals surface area (Å²) in [6.45, 7) is 4.58. The smallest absolute Gasteiger partial charge is 0.251 e. The van der Waals surface area contributed by atoms with Gasteiger partial charge in [0.1, 0.15) is 0 Å². The molecule has 0 aliphatic rings. The lowest BCUT2D eigenvalue weighted by atomic mass is 10.1. The summed E-state index contributed by atoms with van der Waals surface area (Å²) in [6.07, 6.45) is 0.913. The fourth-order valence-corrected chi connectivity index (χ4v) is 1.50. The minimum absolute atomic E-state index is 0.0478. The average molecular weight is 262 g/mol. The molecule has 104 valence electrons. The van der Waals surface area contributed by atoms with Gasteiger partial charge in [-0.05, 0) is 31.0 Å². The minimum atomic E-state index is -0.0478. The summed E-state index contributed by atoms with van der Waals surface area (Å²) in [5.74, 6) is 0.336. The Morgan fingerprint density at radius 2 is 2.21 bits per heavy atom. The Hall–Kier alpha value is -2.04. The second-order valence-corrected chi connectivity index (χ2v) is 4.45. The van der Waals surface area contributed by atoms with Crippen LogP contribution >= 0.6 is 0 Å². The van der Waals surface area contributed by atoms with Crippen LogP contribution in [0.5, 0.6) is 0 Å². The molecule has 1 amide bonds. The van der Waals surface area contributed by atoms with E-state index in [1.807, 2.05) is 32.0 Å². The van der Waals surface area contributed by atoms with E-state index in [1.54, 1.807) is 13.1 Å². The van der Waals surface area contributed by atoms with Gasteiger partial charge in [-0.2, -0.15) is 0 Å². The maximum absolute atomic E-state index is 12.0. The lowest BCUT2D eigenvalue weighted by Gasteiger charge is -2.12. The molecule has 1 aromatic rings. The number of rotatable bonds is 5. The molecule has 0 fully saturated rings. The first-order valence-electron chi connectivity index (χ1n) is 6.42. The quantitative estimate of drug-likeness (QED) is 0.552. The zero-order chi connectivity index (χ0) is 14.3. The molecule has 1 atom stereocenters. The molecule has 0 radical (unpaired) electrons. The van der Waals surface area contributed by atoms with Crippen molar-refractivity contribution in [1.29, 1.82) is 0 Å². The van der Waals surface area contributed by atoms with Crippen molar-refractivity contribution in [2.75, 3.05) is 7.05 Å². The van der Waals surface area contributed by atoms with Crippen LogP contribution in [0.15, 0.2) is 29.3 Å². The SMILES string of the molecule is CCC(C)NC(=O)c1cccc(CNC(N)=NC)c1. The number of benzene rings is 1. The van der Waals surface area contributed by atoms with E-state index < -0.39 is 0 Å². The molecule has 5 heteroatoms. The zero-order valence-electron chi connectivity index (χ0n) is 11.7. The van der Waals surface area contributed by atoms with Crippen LogP contribution in [0.4, 0.5) is 0 Å². The zero-order valence-corrected chi connectivity index (χ0v) is 11.7. The van der Waals surface area contributed by atoms with Crippen molar-refractivity contribution >= 4 is 11.9 Å². The number of nitrogens with zero attached hydrogens (tertiary/aromatic N) is 1. The molecule has 1 rings (SSSR count). The summed E-state index contributed by atoms with van der Waals surface area (Å²) >= 11 is 0. The fraction of sp³-hybridized carbons (Fsp3) is 0.429. The summed E-state index contributed by atoms with van der Waals surface area (Å²) in [4.78, 5) is 15.8. The highest BCUT2D eigenvalue weighted by molar-refractivity contribution is 5.94. The number of carbonyl (C=O) groups excluding carboxylic acids is 1. The monoisotopic (exact) mass is 262 g/mol. The standard InChI is InChI=1S/C14H22N4O/c1-4-10(2)18-13(19)12-7-5-6-11(8-12)9-17-14(15)16-3/h5-8,10H,4,9H2,1-3H3,(H,18,19)(H3,15,16,17). The lowest BCUT2D eigenvalue weighted by molar-refractivity contribution is 0.0939. The molecule has 0 aliphatic carbocycles. The number of nitrogens with two attached hydrogens (primary N) is 1. The first-order valence-corrected chi connectivity index (χ1v) is 6.42. The van der Waals surface area contributed by atoms with Gasteiger partial charge in [-0.25, -0.2) is 0 Å². The van der Waals surface area contributed by atoms with Gasteiger partial charge in [-0.3, -0.25) is 9.79 Å². The number of hydrogen-bond acceptors (Lipinski definition) is 2. The largest absolute Gasteiger partial charge is 0.370 e. The molecule has 19 heavy (non-hydrogen) atoms. The summed E-state index contributed by atoms with van der Waals surface area (Å²) in [5, 5.41) is 5.90. The van der Waals surface area contributed by atoms with E-state index in [-0.39, 0.29) is 11.9 Å². The number of nitrogens with one attached hydrogen (secondary N) is 2. The third kappa shape index (κ3) is 4.99. The average Bonchev–Trinajstić information content (AvgIpc) is 2.44. The molecule has 4 N–H and O–H groups in total. The van der Waals surface area contributed by atoms with Crippen molar-refractivity contribution in [3.63, 3.8) is 0 Å². The highest BCUT2D eigenvalue weighted by Gasteiger charge is 2.08. The molecule has 0 saturated carbocycles. The Balaban J connectivity index is 2.68. The third-order valence-corrected chi connectivity index (χ3v) is 2.89. The van der Waals surface area contributed by atoms with Crippen LogP contribution in [0.1, 0.15) is 36.2 Å². The van der Waals surface area contributed by atoms with E-state index in [1.165, 1.54) is 0 Å². The minimum Gasteiger partial charge on any atom is -0.370 e. The van der Waals surface area contributed by atoms with Crippen molar-refractivity contribution in [3.8, 4) is 0 Å². The summed E-state index contributed by atoms with van der Waals surface area (Å²) in [5.41, 5.74) is 7.21. The van der Waals surface area contributed by atoms with Crippen LogP contribution in [0.25, 0.3) is 0 Å². The second kappa shape index (κ2) is 7.41. The Morgan fingerprint density at radius 1 is 1.47 bits per heavy atom. The molecule has 0 aliphatic heterocycles. The summed E-state index contributed by atoms with van der Waals surface area (Å²) in [7, 11) is 1.62. The van der Waals surface area contributed by atoms with Gasteiger partial charge in [-0.15, -0.1) is 0 Å². The number of hydrogen-bond donors (Lipinski definition) is 3. The summed E-state index contributed by atoms with van der Waals surface area (Å²) in [6, 6.07) is 7.64. The van der Waals surface area contributed by atoms with Gasteiger partial charge < -0.3 is 16.4 Å². The van der Waals surface area contributed by atoms with Gasteiger partial charge in [-0.1, -0.05) is 19.1 Å².